The second kappa shape index (κ2) is 5.99. The third-order valence-electron chi connectivity index (χ3n) is 3.58. The number of aromatic nitrogens is 2. The SMILES string of the molecule is Cc1ccn(CCC(=O)NCC2Cc3ccccc3O2)n1. The standard InChI is InChI=1S/C16H19N3O2/c1-12-6-8-19(18-12)9-7-16(20)17-11-14-10-13-4-2-3-5-15(13)21-14/h2-6,8,14H,7,9-11H2,1H3,(H,17,20). The van der Waals surface area contributed by atoms with Gasteiger partial charge >= 0.3 is 0 Å². The molecule has 0 bridgehead atoms. The van der Waals surface area contributed by atoms with Crippen LogP contribution >= 0.6 is 0 Å². The summed E-state index contributed by atoms with van der Waals surface area (Å²) in [7, 11) is 0. The fourth-order valence-electron chi connectivity index (χ4n) is 2.49. The summed E-state index contributed by atoms with van der Waals surface area (Å²) in [5.74, 6) is 0.964. The van der Waals surface area contributed by atoms with Crippen molar-refractivity contribution in [1.82, 2.24) is 15.1 Å². The van der Waals surface area contributed by atoms with Gasteiger partial charge in [-0.15, -0.1) is 0 Å². The molecule has 5 heteroatoms. The molecule has 1 unspecified atom stereocenters. The van der Waals surface area contributed by atoms with Crippen LogP contribution in [0, 0.1) is 6.92 Å². The quantitative estimate of drug-likeness (QED) is 0.909. The molecular weight excluding hydrogens is 266 g/mol. The van der Waals surface area contributed by atoms with Gasteiger partial charge in [-0.3, -0.25) is 9.48 Å². The molecule has 0 radical (unpaired) electrons. The normalized spacial score (nSPS) is 16.3. The van der Waals surface area contributed by atoms with E-state index >= 15 is 0 Å². The number of aryl methyl sites for hydroxylation is 2. The second-order valence-corrected chi connectivity index (χ2v) is 5.33. The van der Waals surface area contributed by atoms with Crippen LogP contribution < -0.4 is 10.1 Å². The summed E-state index contributed by atoms with van der Waals surface area (Å²) < 4.78 is 7.58. The maximum Gasteiger partial charge on any atom is 0.221 e. The van der Waals surface area contributed by atoms with Crippen LogP contribution in [0.15, 0.2) is 36.5 Å². The van der Waals surface area contributed by atoms with Gasteiger partial charge in [0.2, 0.25) is 5.91 Å². The van der Waals surface area contributed by atoms with Gasteiger partial charge in [0.15, 0.2) is 0 Å². The number of rotatable bonds is 5. The molecule has 1 aliphatic heterocycles. The van der Waals surface area contributed by atoms with Crippen LogP contribution in [0.5, 0.6) is 5.75 Å². The zero-order valence-corrected chi connectivity index (χ0v) is 12.1. The summed E-state index contributed by atoms with van der Waals surface area (Å²) in [6, 6.07) is 9.94. The zero-order chi connectivity index (χ0) is 14.7. The van der Waals surface area contributed by atoms with Gasteiger partial charge in [-0.25, -0.2) is 0 Å². The summed E-state index contributed by atoms with van der Waals surface area (Å²) in [6.07, 6.45) is 3.22. The largest absolute Gasteiger partial charge is 0.488 e. The van der Waals surface area contributed by atoms with Crippen LogP contribution in [-0.2, 0) is 17.8 Å². The molecular formula is C16H19N3O2. The van der Waals surface area contributed by atoms with E-state index in [4.69, 9.17) is 4.74 Å². The summed E-state index contributed by atoms with van der Waals surface area (Å²) in [4.78, 5) is 11.8. The van der Waals surface area contributed by atoms with Gasteiger partial charge in [0.1, 0.15) is 11.9 Å². The number of amides is 1. The maximum absolute atomic E-state index is 11.8. The van der Waals surface area contributed by atoms with Crippen molar-refractivity contribution < 1.29 is 9.53 Å². The Hall–Kier alpha value is -2.30. The Morgan fingerprint density at radius 2 is 2.29 bits per heavy atom. The molecule has 21 heavy (non-hydrogen) atoms. The second-order valence-electron chi connectivity index (χ2n) is 5.33. The molecule has 3 rings (SSSR count). The van der Waals surface area contributed by atoms with E-state index in [1.807, 2.05) is 37.4 Å². The number of para-hydroxylation sites is 1. The Labute approximate surface area is 123 Å². The molecule has 0 saturated carbocycles. The van der Waals surface area contributed by atoms with Crippen LogP contribution in [-0.4, -0.2) is 28.3 Å². The van der Waals surface area contributed by atoms with Gasteiger partial charge in [0.25, 0.3) is 0 Å². The number of fused-ring (bicyclic) bond motifs is 1. The first-order valence-corrected chi connectivity index (χ1v) is 7.22. The number of ether oxygens (including phenoxy) is 1. The van der Waals surface area contributed by atoms with E-state index in [0.717, 1.165) is 17.9 Å². The van der Waals surface area contributed by atoms with E-state index in [9.17, 15) is 4.79 Å². The Bertz CT molecular complexity index is 611. The number of carbonyl (C=O) groups is 1. The summed E-state index contributed by atoms with van der Waals surface area (Å²) in [5.41, 5.74) is 2.18. The molecule has 0 spiro atoms. The fraction of sp³-hybridized carbons (Fsp3) is 0.375. The lowest BCUT2D eigenvalue weighted by molar-refractivity contribution is -0.121. The van der Waals surface area contributed by atoms with Crippen LogP contribution in [0.2, 0.25) is 0 Å². The molecule has 1 aromatic carbocycles. The fourth-order valence-corrected chi connectivity index (χ4v) is 2.49. The minimum Gasteiger partial charge on any atom is -0.488 e. The number of hydrogen-bond donors (Lipinski definition) is 1. The van der Waals surface area contributed by atoms with Crippen molar-refractivity contribution >= 4 is 5.91 Å². The number of hydrogen-bond acceptors (Lipinski definition) is 3. The minimum absolute atomic E-state index is 0.0303. The molecule has 1 aromatic heterocycles. The summed E-state index contributed by atoms with van der Waals surface area (Å²) in [5, 5.41) is 7.19. The van der Waals surface area contributed by atoms with Crippen molar-refractivity contribution in [2.75, 3.05) is 6.54 Å². The van der Waals surface area contributed by atoms with Crippen LogP contribution in [0.25, 0.3) is 0 Å². The molecule has 1 amide bonds. The highest BCUT2D eigenvalue weighted by Crippen LogP contribution is 2.27. The predicted octanol–water partition coefficient (Wildman–Crippen LogP) is 1.70. The van der Waals surface area contributed by atoms with Crippen LogP contribution in [0.4, 0.5) is 0 Å². The predicted molar refractivity (Wildman–Crippen MR) is 79.2 cm³/mol. The van der Waals surface area contributed by atoms with E-state index in [1.165, 1.54) is 5.56 Å². The smallest absolute Gasteiger partial charge is 0.221 e. The van der Waals surface area contributed by atoms with Crippen LogP contribution in [0.1, 0.15) is 17.7 Å². The first kappa shape index (κ1) is 13.7. The lowest BCUT2D eigenvalue weighted by atomic mass is 10.1. The number of benzene rings is 1. The van der Waals surface area contributed by atoms with Gasteiger partial charge in [0.05, 0.1) is 12.2 Å². The number of carbonyl (C=O) groups excluding carboxylic acids is 1. The van der Waals surface area contributed by atoms with E-state index in [0.29, 0.717) is 19.5 Å². The molecule has 110 valence electrons. The van der Waals surface area contributed by atoms with Crippen molar-refractivity contribution in [3.05, 3.63) is 47.8 Å². The number of nitrogens with zero attached hydrogens (tertiary/aromatic N) is 2. The molecule has 0 saturated heterocycles. The summed E-state index contributed by atoms with van der Waals surface area (Å²) >= 11 is 0. The van der Waals surface area contributed by atoms with E-state index in [2.05, 4.69) is 16.5 Å². The van der Waals surface area contributed by atoms with Crippen molar-refractivity contribution in [3.8, 4) is 5.75 Å². The Kier molecular flexibility index (Phi) is 3.90. The van der Waals surface area contributed by atoms with Gasteiger partial charge in [-0.2, -0.15) is 5.10 Å². The van der Waals surface area contributed by atoms with Crippen molar-refractivity contribution in [2.24, 2.45) is 0 Å². The lowest BCUT2D eigenvalue weighted by Crippen LogP contribution is -2.34. The monoisotopic (exact) mass is 285 g/mol. The molecule has 5 nitrogen and oxygen atoms in total. The Morgan fingerprint density at radius 3 is 3.05 bits per heavy atom. The van der Waals surface area contributed by atoms with Gasteiger partial charge in [-0.05, 0) is 24.6 Å². The average molecular weight is 285 g/mol. The maximum atomic E-state index is 11.8. The third kappa shape index (κ3) is 3.42. The molecule has 1 aliphatic rings. The average Bonchev–Trinajstić information content (AvgIpc) is 3.08. The third-order valence-corrected chi connectivity index (χ3v) is 3.58. The highest BCUT2D eigenvalue weighted by atomic mass is 16.5. The van der Waals surface area contributed by atoms with Gasteiger partial charge < -0.3 is 10.1 Å². The zero-order valence-electron chi connectivity index (χ0n) is 12.1. The number of nitrogens with one attached hydrogen (secondary N) is 1. The summed E-state index contributed by atoms with van der Waals surface area (Å²) in [6.45, 7) is 3.09. The Morgan fingerprint density at radius 1 is 1.43 bits per heavy atom. The van der Waals surface area contributed by atoms with Crippen molar-refractivity contribution in [2.45, 2.75) is 32.4 Å². The van der Waals surface area contributed by atoms with Crippen molar-refractivity contribution in [1.29, 1.82) is 0 Å². The Balaban J connectivity index is 1.41. The van der Waals surface area contributed by atoms with E-state index in [-0.39, 0.29) is 12.0 Å². The van der Waals surface area contributed by atoms with Crippen LogP contribution in [0.3, 0.4) is 0 Å². The highest BCUT2D eigenvalue weighted by molar-refractivity contribution is 5.75. The molecule has 2 aromatic rings. The first-order chi connectivity index (χ1) is 10.2. The molecule has 1 N–H and O–H groups in total. The molecule has 0 aliphatic carbocycles. The molecule has 0 fully saturated rings. The topological polar surface area (TPSA) is 56.2 Å². The van der Waals surface area contributed by atoms with E-state index < -0.39 is 0 Å². The van der Waals surface area contributed by atoms with Gasteiger partial charge in [0, 0.05) is 25.6 Å². The highest BCUT2D eigenvalue weighted by Gasteiger charge is 2.22. The first-order valence-electron chi connectivity index (χ1n) is 7.22. The molecule has 2 heterocycles. The van der Waals surface area contributed by atoms with Gasteiger partial charge in [-0.1, -0.05) is 18.2 Å². The lowest BCUT2D eigenvalue weighted by Gasteiger charge is -2.12. The minimum atomic E-state index is 0.0303. The van der Waals surface area contributed by atoms with E-state index in [1.54, 1.807) is 4.68 Å². The van der Waals surface area contributed by atoms with Crippen molar-refractivity contribution in [3.63, 3.8) is 0 Å². The molecule has 1 atom stereocenters.